The Bertz CT molecular complexity index is 1170. The second kappa shape index (κ2) is 8.53. The van der Waals surface area contributed by atoms with Gasteiger partial charge in [-0.2, -0.15) is 5.10 Å². The Hall–Kier alpha value is -4.05. The highest BCUT2D eigenvalue weighted by molar-refractivity contribution is 5.83. The van der Waals surface area contributed by atoms with E-state index in [1.54, 1.807) is 10.9 Å². The summed E-state index contributed by atoms with van der Waals surface area (Å²) in [6.07, 6.45) is 1.00. The van der Waals surface area contributed by atoms with Gasteiger partial charge in [-0.05, 0) is 17.7 Å². The Balaban J connectivity index is 1.69. The number of hydrogen-bond acceptors (Lipinski definition) is 6. The van der Waals surface area contributed by atoms with E-state index >= 15 is 0 Å². The molecule has 0 bridgehead atoms. The molecule has 3 N–H and O–H groups in total. The van der Waals surface area contributed by atoms with Gasteiger partial charge in [-0.3, -0.25) is 5.10 Å². The number of carbonyl (C=O) groups excluding carboxylic acids is 1. The lowest BCUT2D eigenvalue weighted by Gasteiger charge is -2.18. The molecule has 0 aliphatic carbocycles. The number of aldehydes is 1. The van der Waals surface area contributed by atoms with E-state index in [4.69, 9.17) is 0 Å². The van der Waals surface area contributed by atoms with Crippen LogP contribution >= 0.6 is 0 Å². The third-order valence-electron chi connectivity index (χ3n) is 4.65. The van der Waals surface area contributed by atoms with Crippen molar-refractivity contribution >= 4 is 23.3 Å². The fraction of sp³-hybridized carbons (Fsp3) is 0.150. The van der Waals surface area contributed by atoms with Crippen LogP contribution in [0.4, 0.5) is 4.79 Å². The third-order valence-corrected chi connectivity index (χ3v) is 4.65. The SMILES string of the molecule is O=CCN(NCc1c(-c2ccc3[nH]ncc3c2)nnn1Cc1ccccc1)C(=O)O. The van der Waals surface area contributed by atoms with E-state index in [0.717, 1.165) is 27.0 Å². The monoisotopic (exact) mass is 405 g/mol. The van der Waals surface area contributed by atoms with Crippen molar-refractivity contribution < 1.29 is 14.7 Å². The van der Waals surface area contributed by atoms with Gasteiger partial charge in [-0.1, -0.05) is 41.6 Å². The van der Waals surface area contributed by atoms with Crippen LogP contribution in [-0.4, -0.2) is 54.2 Å². The second-order valence-corrected chi connectivity index (χ2v) is 6.59. The Morgan fingerprint density at radius 3 is 2.83 bits per heavy atom. The van der Waals surface area contributed by atoms with Gasteiger partial charge in [0.15, 0.2) is 0 Å². The fourth-order valence-electron chi connectivity index (χ4n) is 3.16. The van der Waals surface area contributed by atoms with Crippen molar-refractivity contribution in [1.82, 2.24) is 35.6 Å². The molecular weight excluding hydrogens is 386 g/mol. The van der Waals surface area contributed by atoms with Crippen LogP contribution in [-0.2, 0) is 17.9 Å². The molecule has 2 aromatic heterocycles. The van der Waals surface area contributed by atoms with Crippen LogP contribution < -0.4 is 5.43 Å². The highest BCUT2D eigenvalue weighted by Gasteiger charge is 2.18. The number of aromatic amines is 1. The largest absolute Gasteiger partial charge is 0.464 e. The lowest BCUT2D eigenvalue weighted by Crippen LogP contribution is -2.43. The molecule has 2 aromatic carbocycles. The number of rotatable bonds is 8. The number of carboxylic acid groups (broad SMARTS) is 1. The minimum Gasteiger partial charge on any atom is -0.464 e. The molecule has 0 saturated heterocycles. The van der Waals surface area contributed by atoms with Crippen molar-refractivity contribution in [3.8, 4) is 11.3 Å². The number of hydrogen-bond donors (Lipinski definition) is 3. The number of nitrogens with zero attached hydrogens (tertiary/aromatic N) is 5. The lowest BCUT2D eigenvalue weighted by atomic mass is 10.1. The van der Waals surface area contributed by atoms with Crippen molar-refractivity contribution in [1.29, 1.82) is 0 Å². The molecule has 1 amide bonds. The third kappa shape index (κ3) is 4.03. The normalized spacial score (nSPS) is 10.9. The molecule has 0 unspecified atom stereocenters. The van der Waals surface area contributed by atoms with Gasteiger partial charge in [-0.15, -0.1) is 5.10 Å². The maximum atomic E-state index is 11.4. The molecule has 0 saturated carbocycles. The van der Waals surface area contributed by atoms with Crippen LogP contribution in [0.5, 0.6) is 0 Å². The molecule has 2 heterocycles. The topological polar surface area (TPSA) is 129 Å². The number of fused-ring (bicyclic) bond motifs is 1. The molecule has 4 aromatic rings. The molecule has 0 atom stereocenters. The predicted octanol–water partition coefficient (Wildman–Crippen LogP) is 2.05. The van der Waals surface area contributed by atoms with Crippen LogP contribution in [0.15, 0.2) is 54.7 Å². The first-order valence-corrected chi connectivity index (χ1v) is 9.23. The maximum absolute atomic E-state index is 11.4. The molecule has 0 radical (unpaired) electrons. The number of nitrogens with one attached hydrogen (secondary N) is 2. The van der Waals surface area contributed by atoms with E-state index < -0.39 is 6.09 Å². The molecule has 0 aliphatic rings. The molecular formula is C20H19N7O3. The van der Waals surface area contributed by atoms with Gasteiger partial charge in [0.1, 0.15) is 12.0 Å². The molecule has 152 valence electrons. The first kappa shape index (κ1) is 19.3. The van der Waals surface area contributed by atoms with Gasteiger partial charge in [0, 0.05) is 10.9 Å². The number of benzene rings is 2. The number of aromatic nitrogens is 5. The van der Waals surface area contributed by atoms with Crippen LogP contribution in [0.3, 0.4) is 0 Å². The summed E-state index contributed by atoms with van der Waals surface area (Å²) in [6, 6.07) is 15.5. The van der Waals surface area contributed by atoms with Crippen LogP contribution in [0.25, 0.3) is 22.2 Å². The summed E-state index contributed by atoms with van der Waals surface area (Å²) in [4.78, 5) is 22.1. The number of H-pyrrole nitrogens is 1. The van der Waals surface area contributed by atoms with E-state index in [1.807, 2.05) is 48.5 Å². The maximum Gasteiger partial charge on any atom is 0.422 e. The first-order chi connectivity index (χ1) is 14.7. The summed E-state index contributed by atoms with van der Waals surface area (Å²) in [7, 11) is 0. The van der Waals surface area contributed by atoms with E-state index in [2.05, 4.69) is 25.9 Å². The quantitative estimate of drug-likeness (QED) is 0.302. The number of amides is 1. The molecule has 0 spiro atoms. The minimum atomic E-state index is -1.24. The highest BCUT2D eigenvalue weighted by Crippen LogP contribution is 2.25. The zero-order chi connectivity index (χ0) is 20.9. The van der Waals surface area contributed by atoms with Crippen molar-refractivity contribution in [2.45, 2.75) is 13.1 Å². The summed E-state index contributed by atoms with van der Waals surface area (Å²) < 4.78 is 1.72. The molecule has 10 heteroatoms. The predicted molar refractivity (Wildman–Crippen MR) is 108 cm³/mol. The molecule has 10 nitrogen and oxygen atoms in total. The Morgan fingerprint density at radius 1 is 1.23 bits per heavy atom. The van der Waals surface area contributed by atoms with E-state index in [-0.39, 0.29) is 13.1 Å². The summed E-state index contributed by atoms with van der Waals surface area (Å²) in [5.74, 6) is 0. The van der Waals surface area contributed by atoms with Crippen LogP contribution in [0.1, 0.15) is 11.3 Å². The Labute approximate surface area is 171 Å². The summed E-state index contributed by atoms with van der Waals surface area (Å²) in [6.45, 7) is 0.310. The van der Waals surface area contributed by atoms with Gasteiger partial charge >= 0.3 is 6.09 Å². The van der Waals surface area contributed by atoms with Crippen LogP contribution in [0.2, 0.25) is 0 Å². The first-order valence-electron chi connectivity index (χ1n) is 9.23. The number of carbonyl (C=O) groups is 2. The standard InChI is InChI=1S/C20H19N7O3/c28-9-8-26(20(29)30)22-12-18-19(15-6-7-17-16(10-15)11-21-23-17)24-25-27(18)13-14-4-2-1-3-5-14/h1-7,9-11,22H,8,12-13H2,(H,21,23)(H,29,30). The summed E-state index contributed by atoms with van der Waals surface area (Å²) in [5, 5.41) is 26.6. The van der Waals surface area contributed by atoms with Gasteiger partial charge in [0.05, 0.1) is 37.0 Å². The van der Waals surface area contributed by atoms with E-state index in [1.165, 1.54) is 0 Å². The average Bonchev–Trinajstić information content (AvgIpc) is 3.38. The molecule has 30 heavy (non-hydrogen) atoms. The van der Waals surface area contributed by atoms with Crippen molar-refractivity contribution in [3.63, 3.8) is 0 Å². The van der Waals surface area contributed by atoms with Crippen molar-refractivity contribution in [3.05, 3.63) is 66.0 Å². The van der Waals surface area contributed by atoms with E-state index in [9.17, 15) is 14.7 Å². The lowest BCUT2D eigenvalue weighted by molar-refractivity contribution is -0.109. The van der Waals surface area contributed by atoms with Crippen LogP contribution in [0, 0.1) is 0 Å². The average molecular weight is 405 g/mol. The zero-order valence-electron chi connectivity index (χ0n) is 15.9. The highest BCUT2D eigenvalue weighted by atomic mass is 16.4. The van der Waals surface area contributed by atoms with Crippen molar-refractivity contribution in [2.75, 3.05) is 6.54 Å². The Morgan fingerprint density at radius 2 is 2.07 bits per heavy atom. The fourth-order valence-corrected chi connectivity index (χ4v) is 3.16. The zero-order valence-corrected chi connectivity index (χ0v) is 15.9. The smallest absolute Gasteiger partial charge is 0.422 e. The molecule has 0 fully saturated rings. The minimum absolute atomic E-state index is 0.124. The Kier molecular flexibility index (Phi) is 5.48. The van der Waals surface area contributed by atoms with E-state index in [0.29, 0.717) is 24.2 Å². The number of hydrazine groups is 1. The molecule has 4 rings (SSSR count). The summed E-state index contributed by atoms with van der Waals surface area (Å²) >= 11 is 0. The van der Waals surface area contributed by atoms with Gasteiger partial charge in [0.2, 0.25) is 0 Å². The van der Waals surface area contributed by atoms with Gasteiger partial charge < -0.3 is 9.90 Å². The van der Waals surface area contributed by atoms with Crippen molar-refractivity contribution in [2.24, 2.45) is 0 Å². The second-order valence-electron chi connectivity index (χ2n) is 6.59. The van der Waals surface area contributed by atoms with Gasteiger partial charge in [-0.25, -0.2) is 19.9 Å². The molecule has 0 aliphatic heterocycles. The van der Waals surface area contributed by atoms with Gasteiger partial charge in [0.25, 0.3) is 0 Å². The summed E-state index contributed by atoms with van der Waals surface area (Å²) in [5.41, 5.74) is 6.85.